The predicted octanol–water partition coefficient (Wildman–Crippen LogP) is 2.24. The SMILES string of the molecule is COc1ccc(NC(=O)COC(=O)c2cnc(C)cn2)cc1Cl. The Morgan fingerprint density at radius 3 is 2.65 bits per heavy atom. The molecule has 1 aromatic carbocycles. The van der Waals surface area contributed by atoms with Gasteiger partial charge in [0.1, 0.15) is 5.75 Å². The number of hydrogen-bond acceptors (Lipinski definition) is 6. The van der Waals surface area contributed by atoms with Crippen LogP contribution in [0.2, 0.25) is 5.02 Å². The molecule has 0 radical (unpaired) electrons. The lowest BCUT2D eigenvalue weighted by Gasteiger charge is -2.08. The van der Waals surface area contributed by atoms with E-state index in [2.05, 4.69) is 15.3 Å². The van der Waals surface area contributed by atoms with Crippen molar-refractivity contribution in [1.29, 1.82) is 0 Å². The number of hydrogen-bond donors (Lipinski definition) is 1. The number of nitrogens with zero attached hydrogens (tertiary/aromatic N) is 2. The van der Waals surface area contributed by atoms with Crippen LogP contribution in [0.4, 0.5) is 5.69 Å². The van der Waals surface area contributed by atoms with Gasteiger partial charge >= 0.3 is 5.97 Å². The third-order valence-corrected chi connectivity index (χ3v) is 3.06. The number of aryl methyl sites for hydroxylation is 1. The monoisotopic (exact) mass is 335 g/mol. The molecule has 120 valence electrons. The Morgan fingerprint density at radius 1 is 1.26 bits per heavy atom. The molecule has 0 unspecified atom stereocenters. The van der Waals surface area contributed by atoms with Crippen molar-refractivity contribution in [2.24, 2.45) is 0 Å². The topological polar surface area (TPSA) is 90.4 Å². The molecule has 0 aliphatic carbocycles. The Hall–Kier alpha value is -2.67. The maximum absolute atomic E-state index is 11.8. The van der Waals surface area contributed by atoms with Gasteiger partial charge in [0.25, 0.3) is 5.91 Å². The molecule has 0 fully saturated rings. The Morgan fingerprint density at radius 2 is 2.04 bits per heavy atom. The Balaban J connectivity index is 1.88. The second-order valence-electron chi connectivity index (χ2n) is 4.52. The van der Waals surface area contributed by atoms with Gasteiger partial charge in [0, 0.05) is 11.9 Å². The lowest BCUT2D eigenvalue weighted by Crippen LogP contribution is -2.21. The lowest BCUT2D eigenvalue weighted by atomic mass is 10.3. The van der Waals surface area contributed by atoms with Gasteiger partial charge in [-0.1, -0.05) is 11.6 Å². The van der Waals surface area contributed by atoms with Crippen LogP contribution in [0.15, 0.2) is 30.6 Å². The highest BCUT2D eigenvalue weighted by Gasteiger charge is 2.12. The minimum Gasteiger partial charge on any atom is -0.495 e. The molecule has 0 saturated carbocycles. The number of amides is 1. The van der Waals surface area contributed by atoms with Crippen molar-refractivity contribution >= 4 is 29.2 Å². The molecule has 1 heterocycles. The van der Waals surface area contributed by atoms with Crippen molar-refractivity contribution in [3.8, 4) is 5.75 Å². The van der Waals surface area contributed by atoms with Gasteiger partial charge in [0.15, 0.2) is 12.3 Å². The molecule has 0 aliphatic rings. The number of anilines is 1. The molecule has 2 aromatic rings. The summed E-state index contributed by atoms with van der Waals surface area (Å²) >= 11 is 5.96. The quantitative estimate of drug-likeness (QED) is 0.843. The van der Waals surface area contributed by atoms with E-state index in [-0.39, 0.29) is 5.69 Å². The smallest absolute Gasteiger partial charge is 0.359 e. The fourth-order valence-electron chi connectivity index (χ4n) is 1.64. The van der Waals surface area contributed by atoms with Gasteiger partial charge in [0.2, 0.25) is 0 Å². The minimum atomic E-state index is -0.722. The van der Waals surface area contributed by atoms with Gasteiger partial charge in [-0.25, -0.2) is 9.78 Å². The summed E-state index contributed by atoms with van der Waals surface area (Å²) in [5.74, 6) is -0.728. The second kappa shape index (κ2) is 7.55. The summed E-state index contributed by atoms with van der Waals surface area (Å²) in [4.78, 5) is 31.3. The average molecular weight is 336 g/mol. The normalized spacial score (nSPS) is 10.0. The summed E-state index contributed by atoms with van der Waals surface area (Å²) in [6, 6.07) is 4.77. The van der Waals surface area contributed by atoms with Gasteiger partial charge < -0.3 is 14.8 Å². The average Bonchev–Trinajstić information content (AvgIpc) is 2.53. The van der Waals surface area contributed by atoms with Crippen LogP contribution in [-0.2, 0) is 9.53 Å². The maximum Gasteiger partial charge on any atom is 0.359 e. The van der Waals surface area contributed by atoms with E-state index in [0.717, 1.165) is 0 Å². The number of nitrogens with one attached hydrogen (secondary N) is 1. The number of benzene rings is 1. The Labute approximate surface area is 137 Å². The molecule has 1 N–H and O–H groups in total. The molecular formula is C15H14ClN3O4. The van der Waals surface area contributed by atoms with E-state index in [0.29, 0.717) is 22.2 Å². The van der Waals surface area contributed by atoms with Gasteiger partial charge in [-0.15, -0.1) is 0 Å². The number of carbonyl (C=O) groups is 2. The first-order chi connectivity index (χ1) is 11.0. The van der Waals surface area contributed by atoms with Crippen molar-refractivity contribution in [2.75, 3.05) is 19.0 Å². The highest BCUT2D eigenvalue weighted by molar-refractivity contribution is 6.32. The van der Waals surface area contributed by atoms with Crippen LogP contribution in [0.3, 0.4) is 0 Å². The molecule has 0 saturated heterocycles. The lowest BCUT2D eigenvalue weighted by molar-refractivity contribution is -0.119. The Kier molecular flexibility index (Phi) is 5.48. The summed E-state index contributed by atoms with van der Waals surface area (Å²) < 4.78 is 9.88. The highest BCUT2D eigenvalue weighted by Crippen LogP contribution is 2.27. The van der Waals surface area contributed by atoms with Gasteiger partial charge in [-0.2, -0.15) is 0 Å². The van der Waals surface area contributed by atoms with E-state index < -0.39 is 18.5 Å². The van der Waals surface area contributed by atoms with Crippen molar-refractivity contribution in [3.63, 3.8) is 0 Å². The van der Waals surface area contributed by atoms with Crippen LogP contribution in [0, 0.1) is 6.92 Å². The fourth-order valence-corrected chi connectivity index (χ4v) is 1.90. The van der Waals surface area contributed by atoms with Gasteiger partial charge in [-0.05, 0) is 25.1 Å². The van der Waals surface area contributed by atoms with E-state index in [1.54, 1.807) is 19.1 Å². The van der Waals surface area contributed by atoms with Crippen LogP contribution in [-0.4, -0.2) is 35.6 Å². The molecule has 0 spiro atoms. The third-order valence-electron chi connectivity index (χ3n) is 2.76. The molecule has 0 atom stereocenters. The molecule has 7 nitrogen and oxygen atoms in total. The van der Waals surface area contributed by atoms with Crippen molar-refractivity contribution in [1.82, 2.24) is 9.97 Å². The van der Waals surface area contributed by atoms with Crippen molar-refractivity contribution in [3.05, 3.63) is 47.0 Å². The molecule has 0 aliphatic heterocycles. The largest absolute Gasteiger partial charge is 0.495 e. The molecule has 1 amide bonds. The van der Waals surface area contributed by atoms with Crippen molar-refractivity contribution in [2.45, 2.75) is 6.92 Å². The van der Waals surface area contributed by atoms with E-state index in [1.165, 1.54) is 25.6 Å². The van der Waals surface area contributed by atoms with Crippen LogP contribution < -0.4 is 10.1 Å². The molecule has 23 heavy (non-hydrogen) atoms. The molecular weight excluding hydrogens is 322 g/mol. The standard InChI is InChI=1S/C15H14ClN3O4/c1-9-6-18-12(7-17-9)15(21)23-8-14(20)19-10-3-4-13(22-2)11(16)5-10/h3-7H,8H2,1-2H3,(H,19,20). The Bertz CT molecular complexity index is 719. The molecule has 0 bridgehead atoms. The van der Waals surface area contributed by atoms with Gasteiger partial charge in [0.05, 0.1) is 24.0 Å². The zero-order chi connectivity index (χ0) is 16.8. The van der Waals surface area contributed by atoms with Gasteiger partial charge in [-0.3, -0.25) is 9.78 Å². The fraction of sp³-hybridized carbons (Fsp3) is 0.200. The molecule has 2 rings (SSSR count). The zero-order valence-electron chi connectivity index (χ0n) is 12.5. The van der Waals surface area contributed by atoms with E-state index in [1.807, 2.05) is 0 Å². The summed E-state index contributed by atoms with van der Waals surface area (Å²) in [5.41, 5.74) is 1.18. The van der Waals surface area contributed by atoms with E-state index in [9.17, 15) is 9.59 Å². The number of halogens is 1. The third kappa shape index (κ3) is 4.65. The summed E-state index contributed by atoms with van der Waals surface area (Å²) in [7, 11) is 1.49. The highest BCUT2D eigenvalue weighted by atomic mass is 35.5. The zero-order valence-corrected chi connectivity index (χ0v) is 13.3. The summed E-state index contributed by atoms with van der Waals surface area (Å²) in [6.45, 7) is 1.30. The second-order valence-corrected chi connectivity index (χ2v) is 4.92. The van der Waals surface area contributed by atoms with Crippen LogP contribution in [0.25, 0.3) is 0 Å². The van der Waals surface area contributed by atoms with Crippen LogP contribution in [0.1, 0.15) is 16.2 Å². The first-order valence-electron chi connectivity index (χ1n) is 6.58. The van der Waals surface area contributed by atoms with E-state index in [4.69, 9.17) is 21.1 Å². The number of carbonyl (C=O) groups excluding carboxylic acids is 2. The number of rotatable bonds is 5. The number of ether oxygens (including phenoxy) is 2. The number of methoxy groups -OCH3 is 1. The molecule has 1 aromatic heterocycles. The minimum absolute atomic E-state index is 0.0379. The molecule has 8 heteroatoms. The number of aromatic nitrogens is 2. The van der Waals surface area contributed by atoms with Crippen LogP contribution in [0.5, 0.6) is 5.75 Å². The maximum atomic E-state index is 11.8. The first-order valence-corrected chi connectivity index (χ1v) is 6.96. The first kappa shape index (κ1) is 16.7. The predicted molar refractivity (Wildman–Crippen MR) is 83.7 cm³/mol. The summed E-state index contributed by atoms with van der Waals surface area (Å²) in [6.07, 6.45) is 2.73. The summed E-state index contributed by atoms with van der Waals surface area (Å²) in [5, 5.41) is 2.92. The van der Waals surface area contributed by atoms with Crippen LogP contribution >= 0.6 is 11.6 Å². The van der Waals surface area contributed by atoms with E-state index >= 15 is 0 Å². The van der Waals surface area contributed by atoms with Crippen molar-refractivity contribution < 1.29 is 19.1 Å². The number of esters is 1.